The first-order valence-corrected chi connectivity index (χ1v) is 6.28. The molecule has 0 unspecified atom stereocenters. The molecule has 0 atom stereocenters. The molecule has 0 saturated carbocycles. The molecular weight excluding hydrogens is 258 g/mol. The minimum absolute atomic E-state index is 0.141. The van der Waals surface area contributed by atoms with Gasteiger partial charge in [-0.1, -0.05) is 6.07 Å². The lowest BCUT2D eigenvalue weighted by atomic mass is 10.0. The molecule has 0 bridgehead atoms. The summed E-state index contributed by atoms with van der Waals surface area (Å²) in [6, 6.07) is 6.96. The predicted molar refractivity (Wildman–Crippen MR) is 79.3 cm³/mol. The van der Waals surface area contributed by atoms with Crippen LogP contribution in [-0.4, -0.2) is 36.7 Å². The number of hydrogen-bond acceptors (Lipinski definition) is 3. The molecule has 0 fully saturated rings. The number of urea groups is 1. The quantitative estimate of drug-likeness (QED) is 0.771. The topological polar surface area (TPSA) is 81.7 Å². The normalized spacial score (nSPS) is 10.8. The molecule has 3 N–H and O–H groups in total. The highest BCUT2D eigenvalue weighted by molar-refractivity contribution is 5.90. The van der Waals surface area contributed by atoms with Crippen molar-refractivity contribution in [2.45, 2.75) is 25.8 Å². The van der Waals surface area contributed by atoms with E-state index in [4.69, 9.17) is 5.11 Å². The van der Waals surface area contributed by atoms with Gasteiger partial charge in [-0.05, 0) is 32.0 Å². The summed E-state index contributed by atoms with van der Waals surface area (Å²) in [5, 5.41) is 14.1. The molecule has 0 aliphatic carbocycles. The van der Waals surface area contributed by atoms with Gasteiger partial charge in [-0.15, -0.1) is 0 Å². The maximum Gasteiger partial charge on any atom is 0.319 e. The largest absolute Gasteiger partial charge is 0.481 e. The van der Waals surface area contributed by atoms with Crippen LogP contribution in [0.5, 0.6) is 0 Å². The number of nitrogens with zero attached hydrogens (tertiary/aromatic N) is 1. The summed E-state index contributed by atoms with van der Waals surface area (Å²) >= 11 is 0. The maximum absolute atomic E-state index is 11.9. The number of aliphatic carboxylic acids is 1. The first kappa shape index (κ1) is 15.8. The van der Waals surface area contributed by atoms with Gasteiger partial charge in [0.25, 0.3) is 0 Å². The second-order valence-corrected chi connectivity index (χ2v) is 5.48. The van der Waals surface area contributed by atoms with E-state index in [2.05, 4.69) is 10.6 Å². The molecule has 0 aromatic heterocycles. The van der Waals surface area contributed by atoms with Crippen molar-refractivity contribution in [3.63, 3.8) is 0 Å². The molecule has 0 aliphatic rings. The van der Waals surface area contributed by atoms with E-state index in [1.54, 1.807) is 19.9 Å². The molecule has 1 rings (SSSR count). The molecule has 6 nitrogen and oxygen atoms in total. The zero-order valence-electron chi connectivity index (χ0n) is 12.2. The van der Waals surface area contributed by atoms with E-state index in [0.29, 0.717) is 5.69 Å². The smallest absolute Gasteiger partial charge is 0.319 e. The second-order valence-electron chi connectivity index (χ2n) is 5.48. The average Bonchev–Trinajstić information content (AvgIpc) is 2.25. The lowest BCUT2D eigenvalue weighted by molar-refractivity contribution is -0.138. The SMILES string of the molecule is CN(C)c1cccc(NC(=O)NC(C)(C)CC(=O)O)c1. The minimum atomic E-state index is -0.954. The zero-order chi connectivity index (χ0) is 15.3. The molecule has 20 heavy (non-hydrogen) atoms. The fourth-order valence-electron chi connectivity index (χ4n) is 1.75. The van der Waals surface area contributed by atoms with Crippen LogP contribution in [0.3, 0.4) is 0 Å². The van der Waals surface area contributed by atoms with Crippen molar-refractivity contribution < 1.29 is 14.7 Å². The van der Waals surface area contributed by atoms with Gasteiger partial charge in [0.1, 0.15) is 0 Å². The van der Waals surface area contributed by atoms with Crippen molar-refractivity contribution in [3.8, 4) is 0 Å². The van der Waals surface area contributed by atoms with Gasteiger partial charge < -0.3 is 20.6 Å². The van der Waals surface area contributed by atoms with Gasteiger partial charge in [0.2, 0.25) is 0 Å². The summed E-state index contributed by atoms with van der Waals surface area (Å²) in [7, 11) is 3.82. The van der Waals surface area contributed by atoms with Crippen molar-refractivity contribution in [2.24, 2.45) is 0 Å². The van der Waals surface area contributed by atoms with Crippen LogP contribution in [0.25, 0.3) is 0 Å². The summed E-state index contributed by atoms with van der Waals surface area (Å²) in [5.41, 5.74) is 0.808. The van der Waals surface area contributed by atoms with E-state index in [-0.39, 0.29) is 6.42 Å². The van der Waals surface area contributed by atoms with E-state index in [1.165, 1.54) is 0 Å². The second kappa shape index (κ2) is 6.27. The van der Waals surface area contributed by atoms with Gasteiger partial charge in [-0.3, -0.25) is 4.79 Å². The van der Waals surface area contributed by atoms with Gasteiger partial charge in [0, 0.05) is 31.0 Å². The number of benzene rings is 1. The third-order valence-corrected chi connectivity index (χ3v) is 2.67. The molecular formula is C14H21N3O3. The van der Waals surface area contributed by atoms with Crippen LogP contribution in [-0.2, 0) is 4.79 Å². The van der Waals surface area contributed by atoms with Gasteiger partial charge in [0.15, 0.2) is 0 Å². The maximum atomic E-state index is 11.9. The number of amides is 2. The van der Waals surface area contributed by atoms with E-state index in [0.717, 1.165) is 5.69 Å². The molecule has 1 aromatic carbocycles. The Morgan fingerprint density at radius 2 is 1.95 bits per heavy atom. The molecule has 110 valence electrons. The number of carbonyl (C=O) groups is 2. The first-order valence-electron chi connectivity index (χ1n) is 6.28. The molecule has 2 amide bonds. The van der Waals surface area contributed by atoms with Crippen molar-refractivity contribution in [1.82, 2.24) is 5.32 Å². The third-order valence-electron chi connectivity index (χ3n) is 2.67. The molecule has 0 heterocycles. The summed E-state index contributed by atoms with van der Waals surface area (Å²) in [5.74, 6) is -0.954. The number of hydrogen-bond donors (Lipinski definition) is 3. The van der Waals surface area contributed by atoms with Crippen LogP contribution in [0, 0.1) is 0 Å². The zero-order valence-corrected chi connectivity index (χ0v) is 12.2. The van der Waals surface area contributed by atoms with Crippen molar-refractivity contribution in [1.29, 1.82) is 0 Å². The van der Waals surface area contributed by atoms with Gasteiger partial charge in [-0.2, -0.15) is 0 Å². The minimum Gasteiger partial charge on any atom is -0.481 e. The highest BCUT2D eigenvalue weighted by Gasteiger charge is 2.23. The summed E-state index contributed by atoms with van der Waals surface area (Å²) in [6.07, 6.45) is -0.141. The third kappa shape index (κ3) is 5.17. The summed E-state index contributed by atoms with van der Waals surface area (Å²) in [4.78, 5) is 24.5. The Hall–Kier alpha value is -2.24. The van der Waals surface area contributed by atoms with E-state index in [1.807, 2.05) is 37.2 Å². The van der Waals surface area contributed by atoms with Crippen molar-refractivity contribution in [3.05, 3.63) is 24.3 Å². The van der Waals surface area contributed by atoms with Crippen molar-refractivity contribution in [2.75, 3.05) is 24.3 Å². The Bertz CT molecular complexity index is 498. The monoisotopic (exact) mass is 279 g/mol. The fraction of sp³-hybridized carbons (Fsp3) is 0.429. The molecule has 0 aliphatic heterocycles. The Morgan fingerprint density at radius 1 is 1.30 bits per heavy atom. The van der Waals surface area contributed by atoms with Crippen LogP contribution in [0.1, 0.15) is 20.3 Å². The highest BCUT2D eigenvalue weighted by Crippen LogP contribution is 2.17. The van der Waals surface area contributed by atoms with Crippen LogP contribution in [0.15, 0.2) is 24.3 Å². The Labute approximate surface area is 118 Å². The standard InChI is InChI=1S/C14H21N3O3/c1-14(2,9-12(18)19)16-13(20)15-10-6-5-7-11(8-10)17(3)4/h5-8H,9H2,1-4H3,(H,18,19)(H2,15,16,20). The van der Waals surface area contributed by atoms with Gasteiger partial charge >= 0.3 is 12.0 Å². The lowest BCUT2D eigenvalue weighted by Crippen LogP contribution is -2.46. The molecule has 6 heteroatoms. The lowest BCUT2D eigenvalue weighted by Gasteiger charge is -2.24. The molecule has 0 radical (unpaired) electrons. The van der Waals surface area contributed by atoms with Crippen LogP contribution in [0.4, 0.5) is 16.2 Å². The number of carboxylic acids is 1. The van der Waals surface area contributed by atoms with Crippen LogP contribution < -0.4 is 15.5 Å². The molecule has 0 saturated heterocycles. The fourth-order valence-corrected chi connectivity index (χ4v) is 1.75. The van der Waals surface area contributed by atoms with Crippen molar-refractivity contribution >= 4 is 23.4 Å². The Balaban J connectivity index is 2.67. The summed E-state index contributed by atoms with van der Waals surface area (Å²) in [6.45, 7) is 3.33. The molecule has 0 spiro atoms. The Morgan fingerprint density at radius 3 is 2.50 bits per heavy atom. The van der Waals surface area contributed by atoms with Gasteiger partial charge in [-0.25, -0.2) is 4.79 Å². The van der Waals surface area contributed by atoms with E-state index in [9.17, 15) is 9.59 Å². The number of rotatable bonds is 5. The predicted octanol–water partition coefficient (Wildman–Crippen LogP) is 2.13. The van der Waals surface area contributed by atoms with Crippen LogP contribution in [0.2, 0.25) is 0 Å². The van der Waals surface area contributed by atoms with Crippen LogP contribution >= 0.6 is 0 Å². The van der Waals surface area contributed by atoms with E-state index >= 15 is 0 Å². The number of carbonyl (C=O) groups excluding carboxylic acids is 1. The number of carboxylic acid groups (broad SMARTS) is 1. The van der Waals surface area contributed by atoms with E-state index < -0.39 is 17.5 Å². The number of nitrogens with one attached hydrogen (secondary N) is 2. The first-order chi connectivity index (χ1) is 9.19. The average molecular weight is 279 g/mol. The number of anilines is 2. The van der Waals surface area contributed by atoms with Gasteiger partial charge in [0.05, 0.1) is 6.42 Å². The Kier molecular flexibility index (Phi) is 4.96. The highest BCUT2D eigenvalue weighted by atomic mass is 16.4. The molecule has 1 aromatic rings. The summed E-state index contributed by atoms with van der Waals surface area (Å²) < 4.78 is 0.